The molecule has 0 aromatic carbocycles. The zero-order chi connectivity index (χ0) is 15.1. The summed E-state index contributed by atoms with van der Waals surface area (Å²) in [5, 5.41) is 6.72. The van der Waals surface area contributed by atoms with E-state index >= 15 is 0 Å². The first-order chi connectivity index (χ1) is 10.2. The molecule has 1 aliphatic carbocycles. The predicted molar refractivity (Wildman–Crippen MR) is 75.5 cm³/mol. The molecule has 1 heterocycles. The number of nitrogens with one attached hydrogen (secondary N) is 1. The van der Waals surface area contributed by atoms with Gasteiger partial charge in [-0.2, -0.15) is 0 Å². The summed E-state index contributed by atoms with van der Waals surface area (Å²) in [6, 6.07) is 0. The van der Waals surface area contributed by atoms with E-state index in [0.29, 0.717) is 6.54 Å². The topological polar surface area (TPSA) is 86.1 Å². The minimum absolute atomic E-state index is 0.0438. The molecule has 114 valence electrons. The van der Waals surface area contributed by atoms with Crippen molar-refractivity contribution in [3.8, 4) is 0 Å². The van der Waals surface area contributed by atoms with Crippen LogP contribution in [-0.4, -0.2) is 40.3 Å². The van der Waals surface area contributed by atoms with Gasteiger partial charge in [0.2, 0.25) is 5.91 Å². The zero-order valence-corrected chi connectivity index (χ0v) is 12.2. The lowest BCUT2D eigenvalue weighted by Crippen LogP contribution is -2.29. The van der Waals surface area contributed by atoms with Gasteiger partial charge < -0.3 is 10.1 Å². The normalized spacial score (nSPS) is 14.4. The number of aromatic nitrogens is 3. The van der Waals surface area contributed by atoms with Gasteiger partial charge in [-0.05, 0) is 32.1 Å². The van der Waals surface area contributed by atoms with Crippen molar-refractivity contribution in [2.45, 2.75) is 38.6 Å². The maximum atomic E-state index is 11.8. The second-order valence-corrected chi connectivity index (χ2v) is 4.97. The van der Waals surface area contributed by atoms with E-state index in [0.717, 1.165) is 19.3 Å². The monoisotopic (exact) mass is 292 g/mol. The van der Waals surface area contributed by atoms with Crippen molar-refractivity contribution in [1.82, 2.24) is 20.1 Å². The maximum absolute atomic E-state index is 11.8. The van der Waals surface area contributed by atoms with E-state index in [1.807, 2.05) is 0 Å². The number of nitrogens with zero attached hydrogens (tertiary/aromatic N) is 3. The van der Waals surface area contributed by atoms with Gasteiger partial charge in [-0.15, -0.1) is 5.10 Å². The molecule has 21 heavy (non-hydrogen) atoms. The molecule has 0 atom stereocenters. The number of carbonyl (C=O) groups is 2. The molecule has 1 aliphatic rings. The van der Waals surface area contributed by atoms with Gasteiger partial charge in [0.15, 0.2) is 0 Å². The molecule has 1 aromatic heterocycles. The number of allylic oxidation sites excluding steroid dienone is 1. The summed E-state index contributed by atoms with van der Waals surface area (Å²) in [6.07, 6.45) is 9.32. The van der Waals surface area contributed by atoms with Gasteiger partial charge in [-0.1, -0.05) is 11.6 Å². The van der Waals surface area contributed by atoms with E-state index in [4.69, 9.17) is 0 Å². The fourth-order valence-electron chi connectivity index (χ4n) is 2.25. The van der Waals surface area contributed by atoms with E-state index in [1.54, 1.807) is 0 Å². The lowest BCUT2D eigenvalue weighted by atomic mass is 9.97. The van der Waals surface area contributed by atoms with Crippen molar-refractivity contribution < 1.29 is 14.3 Å². The van der Waals surface area contributed by atoms with Crippen molar-refractivity contribution in [2.75, 3.05) is 13.7 Å². The molecule has 0 saturated heterocycles. The van der Waals surface area contributed by atoms with Crippen LogP contribution in [0.1, 0.15) is 42.7 Å². The fraction of sp³-hybridized carbons (Fsp3) is 0.571. The Morgan fingerprint density at radius 3 is 3.00 bits per heavy atom. The summed E-state index contributed by atoms with van der Waals surface area (Å²) in [7, 11) is 1.26. The first-order valence-electron chi connectivity index (χ1n) is 7.11. The average molecular weight is 292 g/mol. The molecule has 1 N–H and O–H groups in total. The molecule has 0 spiro atoms. The van der Waals surface area contributed by atoms with Crippen molar-refractivity contribution in [1.29, 1.82) is 0 Å². The first-order valence-corrected chi connectivity index (χ1v) is 7.11. The number of carbonyl (C=O) groups excluding carboxylic acids is 2. The molecule has 0 aliphatic heterocycles. The lowest BCUT2D eigenvalue weighted by molar-refractivity contribution is -0.121. The van der Waals surface area contributed by atoms with Gasteiger partial charge in [0.05, 0.1) is 7.11 Å². The van der Waals surface area contributed by atoms with Crippen molar-refractivity contribution >= 4 is 11.9 Å². The van der Waals surface area contributed by atoms with E-state index in [2.05, 4.69) is 26.2 Å². The van der Waals surface area contributed by atoms with Crippen LogP contribution in [0, 0.1) is 0 Å². The highest BCUT2D eigenvalue weighted by Gasteiger charge is 2.12. The summed E-state index contributed by atoms with van der Waals surface area (Å²) in [5.74, 6) is -0.802. The summed E-state index contributed by atoms with van der Waals surface area (Å²) in [4.78, 5) is 26.7. The van der Waals surface area contributed by atoms with E-state index in [1.165, 1.54) is 36.5 Å². The van der Waals surface area contributed by atoms with Crippen LogP contribution in [0.5, 0.6) is 0 Å². The van der Waals surface area contributed by atoms with Gasteiger partial charge in [0, 0.05) is 6.54 Å². The summed E-state index contributed by atoms with van der Waals surface area (Å²) in [5.41, 5.74) is 1.43. The number of hydrogen-bond acceptors (Lipinski definition) is 5. The number of rotatable bonds is 6. The molecule has 7 nitrogen and oxygen atoms in total. The van der Waals surface area contributed by atoms with Crippen LogP contribution in [0.15, 0.2) is 18.0 Å². The van der Waals surface area contributed by atoms with Crippen molar-refractivity contribution in [2.24, 2.45) is 0 Å². The Bertz CT molecular complexity index is 536. The van der Waals surface area contributed by atoms with Crippen LogP contribution >= 0.6 is 0 Å². The molecule has 1 aromatic rings. The largest absolute Gasteiger partial charge is 0.463 e. The maximum Gasteiger partial charge on any atom is 0.377 e. The second kappa shape index (κ2) is 7.56. The molecule has 1 amide bonds. The molecular formula is C14H20N4O3. The highest BCUT2D eigenvalue weighted by atomic mass is 16.5. The van der Waals surface area contributed by atoms with E-state index < -0.39 is 5.97 Å². The SMILES string of the molecule is COC(=O)c1ncn(CC(=O)NCCC2=CCCCC2)n1. The van der Waals surface area contributed by atoms with E-state index in [-0.39, 0.29) is 18.3 Å². The minimum Gasteiger partial charge on any atom is -0.463 e. The van der Waals surface area contributed by atoms with Crippen LogP contribution in [0.25, 0.3) is 0 Å². The Morgan fingerprint density at radius 2 is 2.29 bits per heavy atom. The van der Waals surface area contributed by atoms with Gasteiger partial charge in [0.25, 0.3) is 5.82 Å². The highest BCUT2D eigenvalue weighted by Crippen LogP contribution is 2.19. The molecule has 0 bridgehead atoms. The number of ether oxygens (including phenoxy) is 1. The van der Waals surface area contributed by atoms with Crippen LogP contribution < -0.4 is 5.32 Å². The van der Waals surface area contributed by atoms with Crippen LogP contribution in [0.4, 0.5) is 0 Å². The van der Waals surface area contributed by atoms with Gasteiger partial charge in [-0.3, -0.25) is 4.79 Å². The summed E-state index contributed by atoms with van der Waals surface area (Å²) in [6.45, 7) is 0.673. The third-order valence-corrected chi connectivity index (χ3v) is 3.36. The Balaban J connectivity index is 1.72. The Hall–Kier alpha value is -2.18. The molecule has 7 heteroatoms. The smallest absolute Gasteiger partial charge is 0.377 e. The van der Waals surface area contributed by atoms with Gasteiger partial charge >= 0.3 is 5.97 Å². The first kappa shape index (κ1) is 15.2. The molecule has 0 fully saturated rings. The molecular weight excluding hydrogens is 272 g/mol. The Kier molecular flexibility index (Phi) is 5.48. The van der Waals surface area contributed by atoms with Crippen molar-refractivity contribution in [3.63, 3.8) is 0 Å². The van der Waals surface area contributed by atoms with Crippen molar-refractivity contribution in [3.05, 3.63) is 23.8 Å². The number of amides is 1. The third kappa shape index (κ3) is 4.70. The summed E-state index contributed by atoms with van der Waals surface area (Å²) < 4.78 is 5.82. The van der Waals surface area contributed by atoms with Crippen LogP contribution in [0.3, 0.4) is 0 Å². The molecule has 0 unspecified atom stereocenters. The van der Waals surface area contributed by atoms with Gasteiger partial charge in [0.1, 0.15) is 12.9 Å². The number of esters is 1. The molecule has 0 radical (unpaired) electrons. The Morgan fingerprint density at radius 1 is 1.43 bits per heavy atom. The second-order valence-electron chi connectivity index (χ2n) is 4.97. The van der Waals surface area contributed by atoms with Gasteiger partial charge in [-0.25, -0.2) is 14.5 Å². The zero-order valence-electron chi connectivity index (χ0n) is 12.2. The summed E-state index contributed by atoms with van der Waals surface area (Å²) >= 11 is 0. The highest BCUT2D eigenvalue weighted by molar-refractivity contribution is 5.84. The molecule has 0 saturated carbocycles. The minimum atomic E-state index is -0.613. The number of hydrogen-bond donors (Lipinski definition) is 1. The quantitative estimate of drug-likeness (QED) is 0.626. The predicted octanol–water partition coefficient (Wildman–Crippen LogP) is 1.07. The Labute approximate surface area is 123 Å². The average Bonchev–Trinajstić information content (AvgIpc) is 2.96. The van der Waals surface area contributed by atoms with Crippen LogP contribution in [0.2, 0.25) is 0 Å². The van der Waals surface area contributed by atoms with Crippen LogP contribution in [-0.2, 0) is 16.1 Å². The standard InChI is InChI=1S/C14H20N4O3/c1-21-14(20)13-16-10-18(17-13)9-12(19)15-8-7-11-5-3-2-4-6-11/h5,10H,2-4,6-9H2,1H3,(H,15,19). The van der Waals surface area contributed by atoms with E-state index in [9.17, 15) is 9.59 Å². The molecule has 2 rings (SSSR count). The fourth-order valence-corrected chi connectivity index (χ4v) is 2.25. The lowest BCUT2D eigenvalue weighted by Gasteiger charge is -2.12. The third-order valence-electron chi connectivity index (χ3n) is 3.36. The number of methoxy groups -OCH3 is 1.